The van der Waals surface area contributed by atoms with E-state index in [1.54, 1.807) is 0 Å². The van der Waals surface area contributed by atoms with Crippen molar-refractivity contribution in [2.45, 2.75) is 32.2 Å². The van der Waals surface area contributed by atoms with Crippen LogP contribution in [0.4, 0.5) is 0 Å². The molecule has 3 heteroatoms. The number of nitrogens with one attached hydrogen (secondary N) is 1. The van der Waals surface area contributed by atoms with E-state index in [1.165, 1.54) is 5.56 Å². The van der Waals surface area contributed by atoms with E-state index in [1.807, 2.05) is 25.2 Å². The minimum atomic E-state index is 0.449. The molecule has 0 aromatic heterocycles. The molecule has 0 aliphatic heterocycles. The van der Waals surface area contributed by atoms with Crippen molar-refractivity contribution in [2.75, 3.05) is 20.3 Å². The van der Waals surface area contributed by atoms with Crippen molar-refractivity contribution in [2.24, 2.45) is 0 Å². The highest BCUT2D eigenvalue weighted by Gasteiger charge is 2.07. The third-order valence-electron chi connectivity index (χ3n) is 2.74. The molecule has 0 saturated heterocycles. The Morgan fingerprint density at radius 3 is 2.82 bits per heavy atom. The Bertz CT molecular complexity index is 317. The second-order valence-corrected chi connectivity index (χ2v) is 4.66. The molecule has 0 aliphatic carbocycles. The van der Waals surface area contributed by atoms with Gasteiger partial charge in [-0.2, -0.15) is 0 Å². The maximum atomic E-state index is 5.97. The van der Waals surface area contributed by atoms with Crippen LogP contribution in [0.3, 0.4) is 0 Å². The summed E-state index contributed by atoms with van der Waals surface area (Å²) in [5.74, 6) is 0. The highest BCUT2D eigenvalue weighted by molar-refractivity contribution is 6.30. The predicted octanol–water partition coefficient (Wildman–Crippen LogP) is 3.29. The molecule has 1 rings (SSSR count). The summed E-state index contributed by atoms with van der Waals surface area (Å²) in [6, 6.07) is 8.49. The first-order valence-electron chi connectivity index (χ1n) is 6.25. The molecule has 1 unspecified atom stereocenters. The van der Waals surface area contributed by atoms with Crippen LogP contribution in [0.1, 0.15) is 25.3 Å². The summed E-state index contributed by atoms with van der Waals surface area (Å²) in [6.45, 7) is 3.80. The Balaban J connectivity index is 2.35. The van der Waals surface area contributed by atoms with Gasteiger partial charge in [0, 0.05) is 24.3 Å². The van der Waals surface area contributed by atoms with Crippen molar-refractivity contribution < 1.29 is 4.74 Å². The minimum Gasteiger partial charge on any atom is -0.381 e. The zero-order valence-corrected chi connectivity index (χ0v) is 11.5. The molecule has 0 heterocycles. The number of likely N-dealkylation sites (N-methyl/N-ethyl adjacent to an activating group) is 1. The second kappa shape index (κ2) is 8.51. The van der Waals surface area contributed by atoms with Crippen molar-refractivity contribution in [1.29, 1.82) is 0 Å². The van der Waals surface area contributed by atoms with E-state index in [4.69, 9.17) is 16.3 Å². The van der Waals surface area contributed by atoms with Crippen molar-refractivity contribution in [3.05, 3.63) is 34.9 Å². The number of rotatable bonds is 8. The van der Waals surface area contributed by atoms with Crippen molar-refractivity contribution >= 4 is 11.6 Å². The van der Waals surface area contributed by atoms with Gasteiger partial charge >= 0.3 is 0 Å². The lowest BCUT2D eigenvalue weighted by molar-refractivity contribution is 0.125. The minimum absolute atomic E-state index is 0.449. The highest BCUT2D eigenvalue weighted by Crippen LogP contribution is 2.13. The van der Waals surface area contributed by atoms with Gasteiger partial charge in [-0.3, -0.25) is 0 Å². The first-order valence-corrected chi connectivity index (χ1v) is 6.63. The van der Waals surface area contributed by atoms with E-state index in [0.717, 1.165) is 37.5 Å². The van der Waals surface area contributed by atoms with Crippen LogP contribution in [-0.4, -0.2) is 26.3 Å². The number of halogens is 1. The predicted molar refractivity (Wildman–Crippen MR) is 73.7 cm³/mol. The molecule has 0 bridgehead atoms. The van der Waals surface area contributed by atoms with Gasteiger partial charge in [0.05, 0.1) is 0 Å². The Morgan fingerprint density at radius 1 is 1.35 bits per heavy atom. The quantitative estimate of drug-likeness (QED) is 0.720. The van der Waals surface area contributed by atoms with Crippen LogP contribution in [0, 0.1) is 0 Å². The zero-order valence-electron chi connectivity index (χ0n) is 10.7. The average Bonchev–Trinajstić information content (AvgIpc) is 2.33. The average molecular weight is 256 g/mol. The third-order valence-corrected chi connectivity index (χ3v) is 2.97. The molecular formula is C14H22ClNO. The molecule has 0 fully saturated rings. The SMILES string of the molecule is CCCOCCC(Cc1cccc(Cl)c1)NC. The van der Waals surface area contributed by atoms with E-state index in [-0.39, 0.29) is 0 Å². The van der Waals surface area contributed by atoms with E-state index in [0.29, 0.717) is 6.04 Å². The van der Waals surface area contributed by atoms with Crippen LogP contribution < -0.4 is 5.32 Å². The largest absolute Gasteiger partial charge is 0.381 e. The molecule has 0 amide bonds. The van der Waals surface area contributed by atoms with Crippen LogP contribution in [0.15, 0.2) is 24.3 Å². The molecule has 0 aliphatic rings. The number of hydrogen-bond donors (Lipinski definition) is 1. The van der Waals surface area contributed by atoms with Crippen molar-refractivity contribution in [3.63, 3.8) is 0 Å². The Morgan fingerprint density at radius 2 is 2.18 bits per heavy atom. The molecule has 96 valence electrons. The monoisotopic (exact) mass is 255 g/mol. The van der Waals surface area contributed by atoms with E-state index < -0.39 is 0 Å². The van der Waals surface area contributed by atoms with Gasteiger partial charge in [0.2, 0.25) is 0 Å². The molecule has 0 radical (unpaired) electrons. The van der Waals surface area contributed by atoms with Gasteiger partial charge < -0.3 is 10.1 Å². The van der Waals surface area contributed by atoms with Gasteiger partial charge in [-0.1, -0.05) is 30.7 Å². The van der Waals surface area contributed by atoms with Gasteiger partial charge in [0.25, 0.3) is 0 Å². The Hall–Kier alpha value is -0.570. The molecular weight excluding hydrogens is 234 g/mol. The maximum Gasteiger partial charge on any atom is 0.0480 e. The third kappa shape index (κ3) is 6.06. The summed E-state index contributed by atoms with van der Waals surface area (Å²) in [5, 5.41) is 4.13. The topological polar surface area (TPSA) is 21.3 Å². The zero-order chi connectivity index (χ0) is 12.5. The van der Waals surface area contributed by atoms with Crippen molar-refractivity contribution in [1.82, 2.24) is 5.32 Å². The van der Waals surface area contributed by atoms with Gasteiger partial charge in [-0.25, -0.2) is 0 Å². The fraction of sp³-hybridized carbons (Fsp3) is 0.571. The molecule has 1 aromatic rings. The van der Waals surface area contributed by atoms with Crippen LogP contribution in [0.25, 0.3) is 0 Å². The summed E-state index contributed by atoms with van der Waals surface area (Å²) >= 11 is 5.97. The molecule has 0 spiro atoms. The van der Waals surface area contributed by atoms with Gasteiger partial charge in [0.15, 0.2) is 0 Å². The fourth-order valence-electron chi connectivity index (χ4n) is 1.77. The maximum absolute atomic E-state index is 5.97. The van der Waals surface area contributed by atoms with Crippen LogP contribution in [-0.2, 0) is 11.2 Å². The summed E-state index contributed by atoms with van der Waals surface area (Å²) in [6.07, 6.45) is 3.11. The first-order chi connectivity index (χ1) is 8.26. The van der Waals surface area contributed by atoms with Gasteiger partial charge in [-0.05, 0) is 44.0 Å². The Labute approximate surface area is 109 Å². The van der Waals surface area contributed by atoms with Crippen LogP contribution in [0.5, 0.6) is 0 Å². The number of ether oxygens (including phenoxy) is 1. The summed E-state index contributed by atoms with van der Waals surface area (Å²) < 4.78 is 5.51. The van der Waals surface area contributed by atoms with E-state index in [2.05, 4.69) is 18.3 Å². The van der Waals surface area contributed by atoms with Crippen molar-refractivity contribution in [3.8, 4) is 0 Å². The second-order valence-electron chi connectivity index (χ2n) is 4.22. The normalized spacial score (nSPS) is 12.6. The van der Waals surface area contributed by atoms with Crippen LogP contribution in [0.2, 0.25) is 5.02 Å². The van der Waals surface area contributed by atoms with E-state index in [9.17, 15) is 0 Å². The lowest BCUT2D eigenvalue weighted by Crippen LogP contribution is -2.29. The van der Waals surface area contributed by atoms with Crippen LogP contribution >= 0.6 is 11.6 Å². The smallest absolute Gasteiger partial charge is 0.0480 e. The standard InChI is InChI=1S/C14H22ClNO/c1-3-8-17-9-7-14(16-2)11-12-5-4-6-13(15)10-12/h4-6,10,14,16H,3,7-9,11H2,1-2H3. The molecule has 0 saturated carbocycles. The Kier molecular flexibility index (Phi) is 7.25. The fourth-order valence-corrected chi connectivity index (χ4v) is 1.98. The number of benzene rings is 1. The highest BCUT2D eigenvalue weighted by atomic mass is 35.5. The van der Waals surface area contributed by atoms with Gasteiger partial charge in [0.1, 0.15) is 0 Å². The lowest BCUT2D eigenvalue weighted by atomic mass is 10.0. The molecule has 1 N–H and O–H groups in total. The first kappa shape index (κ1) is 14.5. The summed E-state index contributed by atoms with van der Waals surface area (Å²) in [5.41, 5.74) is 1.27. The summed E-state index contributed by atoms with van der Waals surface area (Å²) in [7, 11) is 2.00. The summed E-state index contributed by atoms with van der Waals surface area (Å²) in [4.78, 5) is 0. The van der Waals surface area contributed by atoms with Gasteiger partial charge in [-0.15, -0.1) is 0 Å². The molecule has 1 aromatic carbocycles. The molecule has 2 nitrogen and oxygen atoms in total. The number of hydrogen-bond acceptors (Lipinski definition) is 2. The lowest BCUT2D eigenvalue weighted by Gasteiger charge is -2.16. The molecule has 17 heavy (non-hydrogen) atoms. The molecule has 1 atom stereocenters. The van der Waals surface area contributed by atoms with E-state index >= 15 is 0 Å².